The first-order valence-corrected chi connectivity index (χ1v) is 6.89. The Labute approximate surface area is 116 Å². The molecule has 78 valence electrons. The van der Waals surface area contributed by atoms with Crippen molar-refractivity contribution in [3.05, 3.63) is 56.6 Å². The SMILES string of the molecule is Brc1cc2ccc(I)cc2c2ccccc12. The summed E-state index contributed by atoms with van der Waals surface area (Å²) in [5, 5.41) is 5.19. The molecule has 0 radical (unpaired) electrons. The topological polar surface area (TPSA) is 0 Å². The van der Waals surface area contributed by atoms with Crippen LogP contribution in [-0.2, 0) is 0 Å². The average Bonchev–Trinajstić information content (AvgIpc) is 2.31. The molecular formula is C14H8BrI. The molecule has 0 aromatic heterocycles. The van der Waals surface area contributed by atoms with Crippen LogP contribution >= 0.6 is 38.5 Å². The molecule has 0 amide bonds. The monoisotopic (exact) mass is 382 g/mol. The van der Waals surface area contributed by atoms with E-state index >= 15 is 0 Å². The zero-order valence-electron chi connectivity index (χ0n) is 8.37. The second-order valence-electron chi connectivity index (χ2n) is 3.77. The van der Waals surface area contributed by atoms with Gasteiger partial charge < -0.3 is 0 Å². The minimum Gasteiger partial charge on any atom is -0.0616 e. The van der Waals surface area contributed by atoms with Crippen molar-refractivity contribution in [1.82, 2.24) is 0 Å². The predicted octanol–water partition coefficient (Wildman–Crippen LogP) is 5.36. The van der Waals surface area contributed by atoms with Gasteiger partial charge in [0.15, 0.2) is 0 Å². The van der Waals surface area contributed by atoms with Gasteiger partial charge in [0.2, 0.25) is 0 Å². The zero-order valence-corrected chi connectivity index (χ0v) is 12.1. The lowest BCUT2D eigenvalue weighted by atomic mass is 10.0. The molecule has 3 aromatic rings. The highest BCUT2D eigenvalue weighted by molar-refractivity contribution is 14.1. The van der Waals surface area contributed by atoms with E-state index < -0.39 is 0 Å². The van der Waals surface area contributed by atoms with Gasteiger partial charge in [0.25, 0.3) is 0 Å². The van der Waals surface area contributed by atoms with Crippen LogP contribution in [0.15, 0.2) is 53.0 Å². The molecule has 0 saturated carbocycles. The molecule has 0 fully saturated rings. The Bertz CT molecular complexity index is 689. The summed E-state index contributed by atoms with van der Waals surface area (Å²) in [6.45, 7) is 0. The summed E-state index contributed by atoms with van der Waals surface area (Å²) in [4.78, 5) is 0. The van der Waals surface area contributed by atoms with Gasteiger partial charge >= 0.3 is 0 Å². The van der Waals surface area contributed by atoms with Crippen LogP contribution in [0.25, 0.3) is 21.5 Å². The highest BCUT2D eigenvalue weighted by Gasteiger charge is 2.04. The van der Waals surface area contributed by atoms with E-state index in [9.17, 15) is 0 Å². The van der Waals surface area contributed by atoms with Crippen molar-refractivity contribution in [2.75, 3.05) is 0 Å². The maximum absolute atomic E-state index is 3.63. The van der Waals surface area contributed by atoms with Crippen LogP contribution in [0, 0.1) is 3.57 Å². The van der Waals surface area contributed by atoms with Gasteiger partial charge in [-0.05, 0) is 62.3 Å². The Morgan fingerprint density at radius 3 is 2.38 bits per heavy atom. The standard InChI is InChI=1S/C14H8BrI/c15-14-7-9-5-6-10(16)8-13(9)11-3-1-2-4-12(11)14/h1-8H. The highest BCUT2D eigenvalue weighted by Crippen LogP contribution is 2.32. The van der Waals surface area contributed by atoms with Crippen molar-refractivity contribution in [3.8, 4) is 0 Å². The van der Waals surface area contributed by atoms with Crippen molar-refractivity contribution in [3.63, 3.8) is 0 Å². The Morgan fingerprint density at radius 1 is 0.812 bits per heavy atom. The van der Waals surface area contributed by atoms with E-state index in [0.29, 0.717) is 0 Å². The van der Waals surface area contributed by atoms with Crippen LogP contribution in [0.5, 0.6) is 0 Å². The number of halogens is 2. The normalized spacial score (nSPS) is 11.1. The van der Waals surface area contributed by atoms with Gasteiger partial charge in [-0.25, -0.2) is 0 Å². The lowest BCUT2D eigenvalue weighted by Gasteiger charge is -2.06. The number of hydrogen-bond acceptors (Lipinski definition) is 0. The zero-order chi connectivity index (χ0) is 11.1. The van der Waals surface area contributed by atoms with Crippen molar-refractivity contribution in [2.45, 2.75) is 0 Å². The van der Waals surface area contributed by atoms with E-state index in [0.717, 1.165) is 4.47 Å². The smallest absolute Gasteiger partial charge is 0.0260 e. The van der Waals surface area contributed by atoms with Crippen LogP contribution in [0.4, 0.5) is 0 Å². The van der Waals surface area contributed by atoms with Gasteiger partial charge in [0, 0.05) is 8.04 Å². The molecule has 0 aliphatic heterocycles. The van der Waals surface area contributed by atoms with Gasteiger partial charge in [0.05, 0.1) is 0 Å². The molecule has 3 rings (SSSR count). The molecule has 0 aliphatic carbocycles. The minimum atomic E-state index is 1.16. The highest BCUT2D eigenvalue weighted by atomic mass is 127. The summed E-state index contributed by atoms with van der Waals surface area (Å²) in [5.41, 5.74) is 0. The van der Waals surface area contributed by atoms with Crippen LogP contribution < -0.4 is 0 Å². The molecule has 0 aliphatic rings. The number of fused-ring (bicyclic) bond motifs is 3. The second kappa shape index (κ2) is 4.00. The quantitative estimate of drug-likeness (QED) is 0.362. The van der Waals surface area contributed by atoms with Gasteiger partial charge in [-0.15, -0.1) is 0 Å². The van der Waals surface area contributed by atoms with E-state index in [-0.39, 0.29) is 0 Å². The van der Waals surface area contributed by atoms with Crippen molar-refractivity contribution in [2.24, 2.45) is 0 Å². The Kier molecular flexibility index (Phi) is 2.64. The summed E-state index contributed by atoms with van der Waals surface area (Å²) in [6.07, 6.45) is 0. The Balaban J connectivity index is 2.61. The Hall–Kier alpha value is -0.610. The lowest BCUT2D eigenvalue weighted by molar-refractivity contribution is 1.70. The van der Waals surface area contributed by atoms with Gasteiger partial charge in [-0.2, -0.15) is 0 Å². The van der Waals surface area contributed by atoms with Crippen molar-refractivity contribution < 1.29 is 0 Å². The van der Waals surface area contributed by atoms with E-state index in [1.165, 1.54) is 25.1 Å². The van der Waals surface area contributed by atoms with Crippen LogP contribution in [0.1, 0.15) is 0 Å². The third-order valence-corrected chi connectivity index (χ3v) is 4.10. The summed E-state index contributed by atoms with van der Waals surface area (Å²) < 4.78 is 2.44. The number of hydrogen-bond donors (Lipinski definition) is 0. The molecule has 0 nitrogen and oxygen atoms in total. The van der Waals surface area contributed by atoms with Crippen molar-refractivity contribution in [1.29, 1.82) is 0 Å². The van der Waals surface area contributed by atoms with Crippen LogP contribution in [0.3, 0.4) is 0 Å². The summed E-state index contributed by atoms with van der Waals surface area (Å²) in [5.74, 6) is 0. The summed E-state index contributed by atoms with van der Waals surface area (Å²) >= 11 is 5.99. The fourth-order valence-electron chi connectivity index (χ4n) is 2.03. The largest absolute Gasteiger partial charge is 0.0616 e. The minimum absolute atomic E-state index is 1.16. The molecule has 0 heterocycles. The van der Waals surface area contributed by atoms with Gasteiger partial charge in [0.1, 0.15) is 0 Å². The molecule has 0 saturated heterocycles. The van der Waals surface area contributed by atoms with Crippen molar-refractivity contribution >= 4 is 60.1 Å². The molecular weight excluding hydrogens is 375 g/mol. The molecule has 0 N–H and O–H groups in total. The molecule has 0 unspecified atom stereocenters. The number of benzene rings is 3. The molecule has 0 atom stereocenters. The Morgan fingerprint density at radius 2 is 1.56 bits per heavy atom. The summed E-state index contributed by atoms with van der Waals surface area (Å²) in [6, 6.07) is 17.2. The second-order valence-corrected chi connectivity index (χ2v) is 5.87. The fourth-order valence-corrected chi connectivity index (χ4v) is 3.11. The number of rotatable bonds is 0. The third kappa shape index (κ3) is 1.64. The maximum atomic E-state index is 3.63. The molecule has 2 heteroatoms. The van der Waals surface area contributed by atoms with E-state index in [1.54, 1.807) is 0 Å². The van der Waals surface area contributed by atoms with Gasteiger partial charge in [-0.1, -0.05) is 46.3 Å². The van der Waals surface area contributed by atoms with E-state index in [2.05, 4.69) is 87.1 Å². The summed E-state index contributed by atoms with van der Waals surface area (Å²) in [7, 11) is 0. The maximum Gasteiger partial charge on any atom is 0.0260 e. The van der Waals surface area contributed by atoms with Crippen LogP contribution in [0.2, 0.25) is 0 Å². The first kappa shape index (κ1) is 10.5. The van der Waals surface area contributed by atoms with Crippen LogP contribution in [-0.4, -0.2) is 0 Å². The molecule has 0 bridgehead atoms. The molecule has 3 aromatic carbocycles. The van der Waals surface area contributed by atoms with E-state index in [4.69, 9.17) is 0 Å². The average molecular weight is 383 g/mol. The van der Waals surface area contributed by atoms with E-state index in [1.807, 2.05) is 0 Å². The molecule has 0 spiro atoms. The fraction of sp³-hybridized carbons (Fsp3) is 0. The molecule has 16 heavy (non-hydrogen) atoms. The first-order valence-electron chi connectivity index (χ1n) is 5.02. The third-order valence-electron chi connectivity index (χ3n) is 2.77. The predicted molar refractivity (Wildman–Crippen MR) is 81.9 cm³/mol. The lowest BCUT2D eigenvalue weighted by Crippen LogP contribution is -1.80. The van der Waals surface area contributed by atoms with Gasteiger partial charge in [-0.3, -0.25) is 0 Å². The first-order chi connectivity index (χ1) is 7.75.